The zero-order chi connectivity index (χ0) is 11.8. The minimum atomic E-state index is 0.719. The Morgan fingerprint density at radius 2 is 2.29 bits per heavy atom. The summed E-state index contributed by atoms with van der Waals surface area (Å²) in [5.74, 6) is 0. The summed E-state index contributed by atoms with van der Waals surface area (Å²) >= 11 is 1.43. The number of anilines is 1. The summed E-state index contributed by atoms with van der Waals surface area (Å²) in [5.41, 5.74) is 8.25. The quantitative estimate of drug-likeness (QED) is 0.668. The summed E-state index contributed by atoms with van der Waals surface area (Å²) in [6, 6.07) is 5.59. The lowest BCUT2D eigenvalue weighted by Crippen LogP contribution is -1.92. The Balaban J connectivity index is 1.99. The molecule has 0 fully saturated rings. The number of aromatic nitrogens is 5. The Morgan fingerprint density at radius 3 is 3.06 bits per heavy atom. The number of nitrogens with two attached hydrogens (primary N) is 1. The lowest BCUT2D eigenvalue weighted by molar-refractivity contribution is 0.684. The van der Waals surface area contributed by atoms with Crippen molar-refractivity contribution in [2.45, 2.75) is 10.3 Å². The van der Waals surface area contributed by atoms with Gasteiger partial charge in [-0.3, -0.25) is 0 Å². The van der Waals surface area contributed by atoms with Gasteiger partial charge in [0.1, 0.15) is 6.33 Å². The van der Waals surface area contributed by atoms with Gasteiger partial charge in [-0.2, -0.15) is 5.10 Å². The van der Waals surface area contributed by atoms with Gasteiger partial charge in [0.15, 0.2) is 10.3 Å². The van der Waals surface area contributed by atoms with E-state index in [0.29, 0.717) is 0 Å². The third-order valence-corrected chi connectivity index (χ3v) is 3.28. The molecule has 0 bridgehead atoms. The van der Waals surface area contributed by atoms with Gasteiger partial charge in [-0.05, 0) is 30.0 Å². The molecular weight excluding hydrogens is 236 g/mol. The van der Waals surface area contributed by atoms with Crippen LogP contribution in [0.1, 0.15) is 0 Å². The monoisotopic (exact) mass is 246 g/mol. The second kappa shape index (κ2) is 3.77. The second-order valence-corrected chi connectivity index (χ2v) is 4.54. The molecule has 0 radical (unpaired) electrons. The van der Waals surface area contributed by atoms with Crippen LogP contribution < -0.4 is 5.73 Å². The molecule has 0 unspecified atom stereocenters. The standard InChI is InChI=1S/C10H10N6S/c1-16-10(12-5-13-16)17-9-14-7-3-2-6(11)4-8(7)15-9/h2-5H,11H2,1H3,(H,14,15). The molecule has 2 heterocycles. The number of H-pyrrole nitrogens is 1. The fourth-order valence-electron chi connectivity index (χ4n) is 1.52. The minimum Gasteiger partial charge on any atom is -0.399 e. The van der Waals surface area contributed by atoms with E-state index >= 15 is 0 Å². The van der Waals surface area contributed by atoms with E-state index in [1.807, 2.05) is 25.2 Å². The SMILES string of the molecule is Cn1ncnc1Sc1nc2ccc(N)cc2[nH]1. The number of nitrogens with zero attached hydrogens (tertiary/aromatic N) is 4. The van der Waals surface area contributed by atoms with Gasteiger partial charge in [0.25, 0.3) is 0 Å². The predicted octanol–water partition coefficient (Wildman–Crippen LogP) is 1.42. The first-order valence-corrected chi connectivity index (χ1v) is 5.81. The molecule has 0 saturated carbocycles. The predicted molar refractivity (Wildman–Crippen MR) is 65.6 cm³/mol. The molecule has 6 nitrogen and oxygen atoms in total. The average molecular weight is 246 g/mol. The highest BCUT2D eigenvalue weighted by Gasteiger charge is 2.08. The van der Waals surface area contributed by atoms with Crippen LogP contribution in [0.2, 0.25) is 0 Å². The highest BCUT2D eigenvalue weighted by Crippen LogP contribution is 2.25. The van der Waals surface area contributed by atoms with Gasteiger partial charge in [-0.15, -0.1) is 0 Å². The van der Waals surface area contributed by atoms with Crippen molar-refractivity contribution in [1.82, 2.24) is 24.7 Å². The molecule has 7 heteroatoms. The maximum atomic E-state index is 5.71. The number of imidazole rings is 1. The Labute approximate surface area is 101 Å². The van der Waals surface area contributed by atoms with E-state index in [-0.39, 0.29) is 0 Å². The fourth-order valence-corrected chi connectivity index (χ4v) is 2.27. The molecule has 2 aromatic heterocycles. The number of fused-ring (bicyclic) bond motifs is 1. The van der Waals surface area contributed by atoms with Crippen LogP contribution in [0.15, 0.2) is 34.8 Å². The minimum absolute atomic E-state index is 0.719. The molecule has 17 heavy (non-hydrogen) atoms. The van der Waals surface area contributed by atoms with E-state index in [4.69, 9.17) is 5.73 Å². The number of nitrogen functional groups attached to an aromatic ring is 1. The molecule has 0 aliphatic carbocycles. The maximum absolute atomic E-state index is 5.71. The number of benzene rings is 1. The maximum Gasteiger partial charge on any atom is 0.193 e. The molecule has 3 aromatic rings. The normalized spacial score (nSPS) is 11.1. The molecular formula is C10H10N6S. The van der Waals surface area contributed by atoms with Gasteiger partial charge in [-0.25, -0.2) is 14.6 Å². The van der Waals surface area contributed by atoms with Gasteiger partial charge in [0, 0.05) is 12.7 Å². The number of rotatable bonds is 2. The first-order chi connectivity index (χ1) is 8.22. The number of hydrogen-bond acceptors (Lipinski definition) is 5. The van der Waals surface area contributed by atoms with Crippen molar-refractivity contribution < 1.29 is 0 Å². The molecule has 3 rings (SSSR count). The Kier molecular flexibility index (Phi) is 2.25. The molecule has 3 N–H and O–H groups in total. The van der Waals surface area contributed by atoms with Crippen molar-refractivity contribution in [1.29, 1.82) is 0 Å². The zero-order valence-corrected chi connectivity index (χ0v) is 9.90. The summed E-state index contributed by atoms with van der Waals surface area (Å²) in [6.07, 6.45) is 1.52. The molecule has 0 aliphatic rings. The summed E-state index contributed by atoms with van der Waals surface area (Å²) in [6.45, 7) is 0. The lowest BCUT2D eigenvalue weighted by atomic mass is 10.3. The van der Waals surface area contributed by atoms with Gasteiger partial charge in [-0.1, -0.05) is 0 Å². The van der Waals surface area contributed by atoms with E-state index in [1.54, 1.807) is 4.68 Å². The van der Waals surface area contributed by atoms with E-state index < -0.39 is 0 Å². The zero-order valence-electron chi connectivity index (χ0n) is 9.08. The topological polar surface area (TPSA) is 85.4 Å². The van der Waals surface area contributed by atoms with E-state index in [1.165, 1.54) is 18.1 Å². The summed E-state index contributed by atoms with van der Waals surface area (Å²) < 4.78 is 1.70. The Morgan fingerprint density at radius 1 is 1.41 bits per heavy atom. The smallest absolute Gasteiger partial charge is 0.193 e. The van der Waals surface area contributed by atoms with Crippen LogP contribution in [0.5, 0.6) is 0 Å². The molecule has 0 atom stereocenters. The molecule has 1 aromatic carbocycles. The van der Waals surface area contributed by atoms with Gasteiger partial charge in [0.05, 0.1) is 11.0 Å². The highest BCUT2D eigenvalue weighted by molar-refractivity contribution is 7.99. The molecule has 0 saturated heterocycles. The average Bonchev–Trinajstić information content (AvgIpc) is 2.85. The van der Waals surface area contributed by atoms with E-state index in [2.05, 4.69) is 20.1 Å². The molecule has 0 amide bonds. The van der Waals surface area contributed by atoms with Crippen molar-refractivity contribution in [2.24, 2.45) is 7.05 Å². The number of nitrogens with one attached hydrogen (secondary N) is 1. The van der Waals surface area contributed by atoms with Crippen molar-refractivity contribution in [3.63, 3.8) is 0 Å². The third kappa shape index (κ3) is 1.84. The third-order valence-electron chi connectivity index (χ3n) is 2.34. The number of aromatic amines is 1. The second-order valence-electron chi connectivity index (χ2n) is 3.59. The van der Waals surface area contributed by atoms with Crippen molar-refractivity contribution in [3.8, 4) is 0 Å². The Hall–Kier alpha value is -2.02. The first-order valence-electron chi connectivity index (χ1n) is 4.99. The van der Waals surface area contributed by atoms with Crippen LogP contribution >= 0.6 is 11.8 Å². The lowest BCUT2D eigenvalue weighted by Gasteiger charge is -1.94. The van der Waals surface area contributed by atoms with Crippen molar-refractivity contribution >= 4 is 28.5 Å². The van der Waals surface area contributed by atoms with Crippen LogP contribution in [0.25, 0.3) is 11.0 Å². The molecule has 0 aliphatic heterocycles. The fraction of sp³-hybridized carbons (Fsp3) is 0.100. The van der Waals surface area contributed by atoms with E-state index in [0.717, 1.165) is 27.0 Å². The summed E-state index contributed by atoms with van der Waals surface area (Å²) in [7, 11) is 1.84. The Bertz CT molecular complexity index is 670. The van der Waals surface area contributed by atoms with Crippen LogP contribution in [0, 0.1) is 0 Å². The first kappa shape index (κ1) is 10.2. The molecule has 0 spiro atoms. The van der Waals surface area contributed by atoms with Gasteiger partial charge in [0.2, 0.25) is 0 Å². The molecule has 86 valence electrons. The van der Waals surface area contributed by atoms with Crippen molar-refractivity contribution in [2.75, 3.05) is 5.73 Å². The summed E-state index contributed by atoms with van der Waals surface area (Å²) in [4.78, 5) is 11.8. The largest absolute Gasteiger partial charge is 0.399 e. The van der Waals surface area contributed by atoms with Crippen LogP contribution in [-0.2, 0) is 7.05 Å². The van der Waals surface area contributed by atoms with Gasteiger partial charge >= 0.3 is 0 Å². The van der Waals surface area contributed by atoms with E-state index in [9.17, 15) is 0 Å². The number of hydrogen-bond donors (Lipinski definition) is 2. The summed E-state index contributed by atoms with van der Waals surface area (Å²) in [5, 5.41) is 5.57. The number of aryl methyl sites for hydroxylation is 1. The highest BCUT2D eigenvalue weighted by atomic mass is 32.2. The van der Waals surface area contributed by atoms with Crippen LogP contribution in [0.4, 0.5) is 5.69 Å². The van der Waals surface area contributed by atoms with Crippen LogP contribution in [0.3, 0.4) is 0 Å². The van der Waals surface area contributed by atoms with Crippen LogP contribution in [-0.4, -0.2) is 24.7 Å². The van der Waals surface area contributed by atoms with Crippen molar-refractivity contribution in [3.05, 3.63) is 24.5 Å². The van der Waals surface area contributed by atoms with Gasteiger partial charge < -0.3 is 10.7 Å².